The van der Waals surface area contributed by atoms with Gasteiger partial charge in [0.25, 0.3) is 0 Å². The molecule has 0 aliphatic carbocycles. The van der Waals surface area contributed by atoms with Crippen LogP contribution in [0.5, 0.6) is 0 Å². The van der Waals surface area contributed by atoms with Crippen molar-refractivity contribution in [3.63, 3.8) is 0 Å². The second-order valence-electron chi connectivity index (χ2n) is 7.64. The van der Waals surface area contributed by atoms with E-state index in [0.29, 0.717) is 12.1 Å². The van der Waals surface area contributed by atoms with Gasteiger partial charge in [-0.3, -0.25) is 19.3 Å². The molecule has 4 atom stereocenters. The zero-order chi connectivity index (χ0) is 19.4. The van der Waals surface area contributed by atoms with Gasteiger partial charge in [-0.05, 0) is 31.5 Å². The van der Waals surface area contributed by atoms with Crippen molar-refractivity contribution in [3.8, 4) is 0 Å². The maximum absolute atomic E-state index is 14.3. The van der Waals surface area contributed by atoms with Gasteiger partial charge in [0.05, 0.1) is 23.6 Å². The highest BCUT2D eigenvalue weighted by molar-refractivity contribution is 6.24. The average Bonchev–Trinajstić information content (AvgIpc) is 3.35. The van der Waals surface area contributed by atoms with Gasteiger partial charge in [-0.1, -0.05) is 42.5 Å². The lowest BCUT2D eigenvalue weighted by molar-refractivity contribution is -0.123. The average molecular weight is 378 g/mol. The molecule has 2 amide bonds. The number of benzene rings is 2. The normalized spacial score (nSPS) is 29.2. The highest BCUT2D eigenvalue weighted by Gasteiger charge is 2.64. The fourth-order valence-corrected chi connectivity index (χ4v) is 5.16. The summed E-state index contributed by atoms with van der Waals surface area (Å²) in [5, 5.41) is 0. The Labute approximate surface area is 161 Å². The van der Waals surface area contributed by atoms with Crippen LogP contribution >= 0.6 is 0 Å². The molecular formula is C22H19FN2O3. The number of Topliss-reactive ketones (excluding diaryl/α,β-unsaturated/α-hetero) is 1. The fourth-order valence-electron chi connectivity index (χ4n) is 5.16. The first kappa shape index (κ1) is 17.3. The number of halogens is 1. The van der Waals surface area contributed by atoms with Gasteiger partial charge in [0.1, 0.15) is 5.82 Å². The Morgan fingerprint density at radius 3 is 2.36 bits per heavy atom. The van der Waals surface area contributed by atoms with Gasteiger partial charge in [0, 0.05) is 11.6 Å². The van der Waals surface area contributed by atoms with Crippen molar-refractivity contribution in [1.82, 2.24) is 4.90 Å². The number of imide groups is 1. The number of carbonyl (C=O) groups excluding carboxylic acids is 3. The molecule has 5 nitrogen and oxygen atoms in total. The second-order valence-corrected chi connectivity index (χ2v) is 7.64. The van der Waals surface area contributed by atoms with Gasteiger partial charge >= 0.3 is 0 Å². The first-order chi connectivity index (χ1) is 13.6. The smallest absolute Gasteiger partial charge is 0.239 e. The van der Waals surface area contributed by atoms with Gasteiger partial charge in [-0.15, -0.1) is 0 Å². The summed E-state index contributed by atoms with van der Waals surface area (Å²) in [7, 11) is 0. The van der Waals surface area contributed by atoms with Gasteiger partial charge in [-0.2, -0.15) is 0 Å². The molecule has 6 heteroatoms. The maximum atomic E-state index is 14.3. The molecule has 0 N–H and O–H groups in total. The number of carbonyl (C=O) groups is 3. The van der Waals surface area contributed by atoms with Crippen LogP contribution in [0.3, 0.4) is 0 Å². The maximum Gasteiger partial charge on any atom is 0.239 e. The molecule has 3 heterocycles. The Hall–Kier alpha value is -2.86. The van der Waals surface area contributed by atoms with E-state index in [0.717, 1.165) is 17.7 Å². The molecule has 0 saturated carbocycles. The van der Waals surface area contributed by atoms with E-state index in [9.17, 15) is 18.8 Å². The molecule has 0 unspecified atom stereocenters. The molecule has 0 aromatic heterocycles. The quantitative estimate of drug-likeness (QED) is 0.609. The largest absolute Gasteiger partial charge is 0.292 e. The van der Waals surface area contributed by atoms with E-state index in [2.05, 4.69) is 0 Å². The van der Waals surface area contributed by atoms with Crippen LogP contribution in [-0.2, 0) is 9.59 Å². The van der Waals surface area contributed by atoms with Crippen LogP contribution in [0.25, 0.3) is 0 Å². The standard InChI is InChI=1S/C22H19FN2O3/c23-14-9-4-5-10-15(14)25-21(27)17-16-11-6-12-24(16)19(18(17)22(25)28)20(26)13-7-2-1-3-8-13/h1-5,7-10,16-19H,6,11-12H2/t16-,17-,18-,19+/m1/s1. The summed E-state index contributed by atoms with van der Waals surface area (Å²) >= 11 is 0. The molecular weight excluding hydrogens is 359 g/mol. The molecule has 28 heavy (non-hydrogen) atoms. The van der Waals surface area contributed by atoms with Gasteiger partial charge in [0.15, 0.2) is 5.78 Å². The lowest BCUT2D eigenvalue weighted by Crippen LogP contribution is -2.46. The van der Waals surface area contributed by atoms with Crippen LogP contribution in [0.1, 0.15) is 23.2 Å². The predicted octanol–water partition coefficient (Wildman–Crippen LogP) is 2.66. The van der Waals surface area contributed by atoms with E-state index in [1.54, 1.807) is 30.3 Å². The molecule has 3 saturated heterocycles. The Kier molecular flexibility index (Phi) is 3.91. The van der Waals surface area contributed by atoms with Crippen LogP contribution in [0.15, 0.2) is 54.6 Å². The summed E-state index contributed by atoms with van der Waals surface area (Å²) in [6.07, 6.45) is 1.65. The summed E-state index contributed by atoms with van der Waals surface area (Å²) < 4.78 is 14.3. The van der Waals surface area contributed by atoms with Crippen molar-refractivity contribution in [2.24, 2.45) is 11.8 Å². The van der Waals surface area contributed by atoms with E-state index in [4.69, 9.17) is 0 Å². The third kappa shape index (κ3) is 2.31. The number of amides is 2. The topological polar surface area (TPSA) is 57.7 Å². The number of rotatable bonds is 3. The third-order valence-electron chi connectivity index (χ3n) is 6.27. The van der Waals surface area contributed by atoms with E-state index in [1.165, 1.54) is 18.2 Å². The van der Waals surface area contributed by atoms with Crippen molar-refractivity contribution in [2.75, 3.05) is 11.4 Å². The lowest BCUT2D eigenvalue weighted by atomic mass is 9.85. The predicted molar refractivity (Wildman–Crippen MR) is 100 cm³/mol. The van der Waals surface area contributed by atoms with E-state index in [-0.39, 0.29) is 23.4 Å². The first-order valence-corrected chi connectivity index (χ1v) is 9.57. The summed E-state index contributed by atoms with van der Waals surface area (Å²) in [6, 6.07) is 13.8. The number of hydrogen-bond donors (Lipinski definition) is 0. The zero-order valence-electron chi connectivity index (χ0n) is 15.1. The molecule has 0 spiro atoms. The van der Waals surface area contributed by atoms with Crippen LogP contribution < -0.4 is 4.90 Å². The first-order valence-electron chi connectivity index (χ1n) is 9.57. The minimum Gasteiger partial charge on any atom is -0.292 e. The summed E-state index contributed by atoms with van der Waals surface area (Å²) in [5.41, 5.74) is 0.505. The van der Waals surface area contributed by atoms with E-state index < -0.39 is 29.6 Å². The number of fused-ring (bicyclic) bond motifs is 3. The fraction of sp³-hybridized carbons (Fsp3) is 0.318. The summed E-state index contributed by atoms with van der Waals surface area (Å²) in [5.74, 6) is -2.96. The minimum atomic E-state index is -0.759. The lowest BCUT2D eigenvalue weighted by Gasteiger charge is -2.27. The van der Waals surface area contributed by atoms with Gasteiger partial charge in [-0.25, -0.2) is 9.29 Å². The van der Waals surface area contributed by atoms with Crippen LogP contribution in [0, 0.1) is 17.7 Å². The van der Waals surface area contributed by atoms with Crippen LogP contribution in [0.2, 0.25) is 0 Å². The number of hydrogen-bond acceptors (Lipinski definition) is 4. The van der Waals surface area contributed by atoms with E-state index in [1.807, 2.05) is 11.0 Å². The third-order valence-corrected chi connectivity index (χ3v) is 6.27. The minimum absolute atomic E-state index is 0.0256. The monoisotopic (exact) mass is 378 g/mol. The Morgan fingerprint density at radius 1 is 0.929 bits per heavy atom. The Bertz CT molecular complexity index is 977. The molecule has 2 aromatic rings. The van der Waals surface area contributed by atoms with Crippen molar-refractivity contribution < 1.29 is 18.8 Å². The molecule has 0 radical (unpaired) electrons. The highest BCUT2D eigenvalue weighted by atomic mass is 19.1. The second kappa shape index (κ2) is 6.34. The molecule has 3 aliphatic rings. The van der Waals surface area contributed by atoms with Crippen molar-refractivity contribution in [1.29, 1.82) is 0 Å². The molecule has 0 bridgehead atoms. The molecule has 3 aliphatic heterocycles. The number of para-hydroxylation sites is 1. The van der Waals surface area contributed by atoms with Crippen LogP contribution in [0.4, 0.5) is 10.1 Å². The van der Waals surface area contributed by atoms with E-state index >= 15 is 0 Å². The number of anilines is 1. The molecule has 2 aromatic carbocycles. The zero-order valence-corrected chi connectivity index (χ0v) is 15.1. The number of ketones is 1. The summed E-state index contributed by atoms with van der Waals surface area (Å²) in [6.45, 7) is 0.696. The SMILES string of the molecule is O=C(c1ccccc1)[C@@H]1[C@@H]2C(=O)N(c3ccccc3F)C(=O)[C@@H]2[C@H]2CCCN21. The Balaban J connectivity index is 1.58. The summed E-state index contributed by atoms with van der Waals surface area (Å²) in [4.78, 5) is 42.8. The number of nitrogens with zero attached hydrogens (tertiary/aromatic N) is 2. The molecule has 3 fully saturated rings. The molecule has 142 valence electrons. The van der Waals surface area contributed by atoms with Crippen LogP contribution in [-0.4, -0.2) is 41.1 Å². The van der Waals surface area contributed by atoms with Crippen molar-refractivity contribution in [3.05, 3.63) is 66.0 Å². The van der Waals surface area contributed by atoms with Gasteiger partial charge in [0.2, 0.25) is 11.8 Å². The van der Waals surface area contributed by atoms with Crippen molar-refractivity contribution in [2.45, 2.75) is 24.9 Å². The van der Waals surface area contributed by atoms with Gasteiger partial charge < -0.3 is 0 Å². The Morgan fingerprint density at radius 2 is 1.61 bits per heavy atom. The highest BCUT2D eigenvalue weighted by Crippen LogP contribution is 2.48. The molecule has 5 rings (SSSR count). The van der Waals surface area contributed by atoms with Crippen molar-refractivity contribution >= 4 is 23.3 Å².